The summed E-state index contributed by atoms with van der Waals surface area (Å²) < 4.78 is 1.16. The van der Waals surface area contributed by atoms with Gasteiger partial charge in [0.25, 0.3) is 0 Å². The summed E-state index contributed by atoms with van der Waals surface area (Å²) in [6.07, 6.45) is 5.30. The quantitative estimate of drug-likeness (QED) is 0.404. The summed E-state index contributed by atoms with van der Waals surface area (Å²) in [5.41, 5.74) is 1.49. The molecule has 0 saturated heterocycles. The predicted molar refractivity (Wildman–Crippen MR) is 75.0 cm³/mol. The third kappa shape index (κ3) is 8.43. The van der Waals surface area contributed by atoms with E-state index in [0.717, 1.165) is 4.47 Å². The Morgan fingerprint density at radius 3 is 2.06 bits per heavy atom. The number of hydrogen-bond donors (Lipinski definition) is 0. The van der Waals surface area contributed by atoms with Crippen molar-refractivity contribution < 1.29 is 17.1 Å². The molecule has 0 amide bonds. The standard InChI is InChI=1S/C10H15.C5H4Br.Fe/c1-2-3-4-7-10-8-5-6-9-10;6-5-3-1-2-4-5;/h5-6,8-9H,2-4,7H2,1H3;1-4H;/q-1;-5;. The van der Waals surface area contributed by atoms with Crippen LogP contribution in [0.2, 0.25) is 0 Å². The Kier molecular flexibility index (Phi) is 10.6. The van der Waals surface area contributed by atoms with Crippen LogP contribution in [-0.4, -0.2) is 0 Å². The van der Waals surface area contributed by atoms with Crippen molar-refractivity contribution >= 4 is 15.9 Å². The molecular formula is C15H19BrFe-6. The van der Waals surface area contributed by atoms with Crippen LogP contribution in [0.15, 0.2) is 53.0 Å². The second kappa shape index (κ2) is 10.8. The number of aryl methyl sites for hydroxylation is 1. The molecule has 2 aromatic rings. The second-order valence-corrected chi connectivity index (χ2v) is 4.77. The molecule has 2 heteroatoms. The maximum atomic E-state index is 3.28. The second-order valence-electron chi connectivity index (χ2n) is 3.85. The minimum Gasteiger partial charge on any atom is -0.747 e. The SMILES string of the molecule is Br[c-]1[cH-][cH-][cH-][cH-]1.CCCCC[c-]1cccc1.[Fe]. The summed E-state index contributed by atoms with van der Waals surface area (Å²) in [4.78, 5) is 0. The summed E-state index contributed by atoms with van der Waals surface area (Å²) in [5, 5.41) is 0. The van der Waals surface area contributed by atoms with Gasteiger partial charge in [-0.1, -0.05) is 32.6 Å². The average Bonchev–Trinajstić information content (AvgIpc) is 2.92. The number of unbranched alkanes of at least 4 members (excludes halogenated alkanes) is 2. The van der Waals surface area contributed by atoms with Crippen LogP contribution in [0.4, 0.5) is 0 Å². The smallest absolute Gasteiger partial charge is 0 e. The van der Waals surface area contributed by atoms with E-state index in [1.54, 1.807) is 0 Å². The molecule has 0 aromatic heterocycles. The van der Waals surface area contributed by atoms with E-state index in [9.17, 15) is 0 Å². The van der Waals surface area contributed by atoms with Crippen LogP contribution in [-0.2, 0) is 23.5 Å². The van der Waals surface area contributed by atoms with E-state index >= 15 is 0 Å². The number of hydrogen-bond acceptors (Lipinski definition) is 0. The zero-order chi connectivity index (χ0) is 11.6. The Bertz CT molecular complexity index is 335. The molecule has 0 aliphatic carbocycles. The largest absolute Gasteiger partial charge is 0.747 e. The van der Waals surface area contributed by atoms with Crippen LogP contribution in [0.5, 0.6) is 0 Å². The van der Waals surface area contributed by atoms with E-state index in [-0.39, 0.29) is 17.1 Å². The zero-order valence-electron chi connectivity index (χ0n) is 10.2. The molecule has 0 spiro atoms. The molecule has 0 bridgehead atoms. The molecule has 0 unspecified atom stereocenters. The van der Waals surface area contributed by atoms with Gasteiger partial charge >= 0.3 is 0 Å². The first-order chi connectivity index (χ1) is 7.83. The zero-order valence-corrected chi connectivity index (χ0v) is 12.9. The first-order valence-electron chi connectivity index (χ1n) is 5.90. The van der Waals surface area contributed by atoms with Gasteiger partial charge in [-0.15, -0.1) is 0 Å². The molecule has 100 valence electrons. The first kappa shape index (κ1) is 16.7. The number of halogens is 1. The van der Waals surface area contributed by atoms with Gasteiger partial charge < -0.3 is 44.7 Å². The minimum atomic E-state index is 0. The topological polar surface area (TPSA) is 0 Å². The van der Waals surface area contributed by atoms with E-state index < -0.39 is 0 Å². The van der Waals surface area contributed by atoms with Crippen LogP contribution >= 0.6 is 15.9 Å². The molecule has 0 aliphatic heterocycles. The van der Waals surface area contributed by atoms with Crippen molar-refractivity contribution in [2.45, 2.75) is 32.6 Å². The normalized spacial score (nSPS) is 9.06. The maximum absolute atomic E-state index is 3.28. The Morgan fingerprint density at radius 2 is 1.65 bits per heavy atom. The summed E-state index contributed by atoms with van der Waals surface area (Å²) >= 11 is 3.28. The fraction of sp³-hybridized carbons (Fsp3) is 0.333. The van der Waals surface area contributed by atoms with Crippen molar-refractivity contribution in [3.8, 4) is 0 Å². The van der Waals surface area contributed by atoms with Gasteiger partial charge in [-0.2, -0.15) is 17.7 Å². The van der Waals surface area contributed by atoms with Gasteiger partial charge in [0.05, 0.1) is 0 Å². The molecule has 2 aromatic carbocycles. The third-order valence-electron chi connectivity index (χ3n) is 2.42. The minimum absolute atomic E-state index is 0. The van der Waals surface area contributed by atoms with E-state index in [4.69, 9.17) is 0 Å². The third-order valence-corrected chi connectivity index (χ3v) is 2.95. The van der Waals surface area contributed by atoms with Crippen molar-refractivity contribution in [1.82, 2.24) is 0 Å². The summed E-state index contributed by atoms with van der Waals surface area (Å²) in [7, 11) is 0. The van der Waals surface area contributed by atoms with E-state index in [0.29, 0.717) is 0 Å². The molecule has 0 heterocycles. The number of rotatable bonds is 4. The van der Waals surface area contributed by atoms with E-state index in [2.05, 4.69) is 47.1 Å². The van der Waals surface area contributed by atoms with Crippen LogP contribution < -0.4 is 0 Å². The molecule has 0 radical (unpaired) electrons. The Labute approximate surface area is 124 Å². The van der Waals surface area contributed by atoms with Gasteiger partial charge in [-0.25, -0.2) is 12.1 Å². The molecule has 0 fully saturated rings. The van der Waals surface area contributed by atoms with Crippen LogP contribution in [0.3, 0.4) is 0 Å². The van der Waals surface area contributed by atoms with Gasteiger partial charge in [-0.3, -0.25) is 0 Å². The Morgan fingerprint density at radius 1 is 1.06 bits per heavy atom. The van der Waals surface area contributed by atoms with Crippen molar-refractivity contribution in [3.05, 3.63) is 58.6 Å². The molecule has 0 saturated carbocycles. The van der Waals surface area contributed by atoms with Crippen molar-refractivity contribution in [3.63, 3.8) is 0 Å². The maximum Gasteiger partial charge on any atom is 0 e. The molecule has 17 heavy (non-hydrogen) atoms. The predicted octanol–water partition coefficient (Wildman–Crippen LogP) is 5.30. The monoisotopic (exact) mass is 334 g/mol. The Balaban J connectivity index is 0.000000316. The summed E-state index contributed by atoms with van der Waals surface area (Å²) in [5.74, 6) is 0. The average molecular weight is 335 g/mol. The van der Waals surface area contributed by atoms with Crippen molar-refractivity contribution in [1.29, 1.82) is 0 Å². The van der Waals surface area contributed by atoms with Crippen LogP contribution in [0, 0.1) is 0 Å². The molecule has 0 atom stereocenters. The summed E-state index contributed by atoms with van der Waals surface area (Å²) in [6.45, 7) is 2.24. The van der Waals surface area contributed by atoms with Gasteiger partial charge in [0, 0.05) is 17.1 Å². The molecule has 0 N–H and O–H groups in total. The van der Waals surface area contributed by atoms with Gasteiger partial charge in [0.15, 0.2) is 0 Å². The fourth-order valence-electron chi connectivity index (χ4n) is 1.51. The first-order valence-corrected chi connectivity index (χ1v) is 6.70. The van der Waals surface area contributed by atoms with Gasteiger partial charge in [-0.05, 0) is 0 Å². The fourth-order valence-corrected chi connectivity index (χ4v) is 1.82. The van der Waals surface area contributed by atoms with Crippen molar-refractivity contribution in [2.75, 3.05) is 0 Å². The molecule has 0 aliphatic rings. The van der Waals surface area contributed by atoms with Crippen LogP contribution in [0.25, 0.3) is 0 Å². The molecule has 2 rings (SSSR count). The Hall–Kier alpha value is -0.301. The van der Waals surface area contributed by atoms with Gasteiger partial charge in [0.2, 0.25) is 0 Å². The van der Waals surface area contributed by atoms with E-state index in [1.165, 1.54) is 31.2 Å². The summed E-state index contributed by atoms with van der Waals surface area (Å²) in [6, 6.07) is 16.6. The van der Waals surface area contributed by atoms with E-state index in [1.807, 2.05) is 24.3 Å². The molecular weight excluding hydrogens is 316 g/mol. The van der Waals surface area contributed by atoms with Crippen LogP contribution in [0.1, 0.15) is 31.7 Å². The van der Waals surface area contributed by atoms with Gasteiger partial charge in [0.1, 0.15) is 0 Å². The van der Waals surface area contributed by atoms with Crippen molar-refractivity contribution in [2.24, 2.45) is 0 Å². The molecule has 0 nitrogen and oxygen atoms in total.